The molecule has 3 nitrogen and oxygen atoms in total. The number of aromatic hydroxyl groups is 1. The van der Waals surface area contributed by atoms with Gasteiger partial charge in [0, 0.05) is 6.07 Å². The summed E-state index contributed by atoms with van der Waals surface area (Å²) in [6.45, 7) is 0. The van der Waals surface area contributed by atoms with Gasteiger partial charge < -0.3 is 5.11 Å². The maximum Gasteiger partial charge on any atom is 0.416 e. The van der Waals surface area contributed by atoms with Gasteiger partial charge in [-0.05, 0) is 12.1 Å². The van der Waals surface area contributed by atoms with Crippen molar-refractivity contribution in [3.63, 3.8) is 0 Å². The van der Waals surface area contributed by atoms with E-state index in [2.05, 4.69) is 5.10 Å². The van der Waals surface area contributed by atoms with E-state index in [1.54, 1.807) is 0 Å². The Kier molecular flexibility index (Phi) is 3.16. The third-order valence-electron chi connectivity index (χ3n) is 2.18. The molecule has 1 aromatic carbocycles. The molecule has 0 unspecified atom stereocenters. The van der Waals surface area contributed by atoms with Crippen molar-refractivity contribution in [2.45, 2.75) is 6.18 Å². The Morgan fingerprint density at radius 2 is 1.72 bits per heavy atom. The lowest BCUT2D eigenvalue weighted by atomic mass is 10.2. The van der Waals surface area contributed by atoms with E-state index >= 15 is 0 Å². The molecule has 0 bridgehead atoms. The molecule has 1 aromatic heterocycles. The van der Waals surface area contributed by atoms with Crippen molar-refractivity contribution in [1.29, 1.82) is 0 Å². The van der Waals surface area contributed by atoms with Gasteiger partial charge in [0.2, 0.25) is 5.88 Å². The van der Waals surface area contributed by atoms with Gasteiger partial charge in [0.1, 0.15) is 5.69 Å². The molecule has 0 fully saturated rings. The fraction of sp³-hybridized carbons (Fsp3) is 0.100. The zero-order valence-corrected chi connectivity index (χ0v) is 10.1. The fourth-order valence-electron chi connectivity index (χ4n) is 1.40. The average molecular weight is 297 g/mol. The topological polar surface area (TPSA) is 38.1 Å². The minimum Gasteiger partial charge on any atom is -0.493 e. The molecule has 0 aliphatic rings. The second kappa shape index (κ2) is 4.37. The average Bonchev–Trinajstić information content (AvgIpc) is 2.62. The summed E-state index contributed by atoms with van der Waals surface area (Å²) in [5.74, 6) is -0.279. The number of aromatic nitrogens is 2. The number of nitrogens with zero attached hydrogens (tertiary/aromatic N) is 2. The van der Waals surface area contributed by atoms with Crippen LogP contribution in [0.5, 0.6) is 5.88 Å². The van der Waals surface area contributed by atoms with Crippen LogP contribution in [0, 0.1) is 0 Å². The molecule has 1 N–H and O–H groups in total. The quantitative estimate of drug-likeness (QED) is 0.866. The van der Waals surface area contributed by atoms with Crippen LogP contribution in [0.2, 0.25) is 10.0 Å². The lowest BCUT2D eigenvalue weighted by Crippen LogP contribution is -2.07. The van der Waals surface area contributed by atoms with Gasteiger partial charge in [0.05, 0.1) is 21.8 Å². The van der Waals surface area contributed by atoms with Crippen LogP contribution in [0.25, 0.3) is 5.69 Å². The highest BCUT2D eigenvalue weighted by molar-refractivity contribution is 6.37. The maximum atomic E-state index is 12.5. The first-order chi connectivity index (χ1) is 8.30. The number of hydrogen-bond donors (Lipinski definition) is 1. The summed E-state index contributed by atoms with van der Waals surface area (Å²) in [5.41, 5.74) is -0.971. The molecule has 0 amide bonds. The predicted molar refractivity (Wildman–Crippen MR) is 60.3 cm³/mol. The molecule has 96 valence electrons. The number of rotatable bonds is 1. The minimum absolute atomic E-state index is 0.00571. The van der Waals surface area contributed by atoms with Crippen molar-refractivity contribution in [1.82, 2.24) is 9.78 Å². The Hall–Kier alpha value is -1.40. The molecule has 0 saturated heterocycles. The van der Waals surface area contributed by atoms with Gasteiger partial charge in [-0.1, -0.05) is 23.2 Å². The smallest absolute Gasteiger partial charge is 0.416 e. The van der Waals surface area contributed by atoms with E-state index in [4.69, 9.17) is 23.2 Å². The molecule has 0 spiro atoms. The predicted octanol–water partition coefficient (Wildman–Crippen LogP) is 3.90. The van der Waals surface area contributed by atoms with Crippen LogP contribution in [0.15, 0.2) is 24.4 Å². The van der Waals surface area contributed by atoms with Gasteiger partial charge in [0.25, 0.3) is 0 Å². The van der Waals surface area contributed by atoms with Crippen LogP contribution in [-0.4, -0.2) is 14.9 Å². The van der Waals surface area contributed by atoms with Crippen LogP contribution < -0.4 is 0 Å². The standard InChI is InChI=1S/C10H5Cl2F3N2O/c11-6-3-5(10(13,14)15)4-7(12)9(6)17-8(18)1-2-16-17/h1-4,18H. The summed E-state index contributed by atoms with van der Waals surface area (Å²) in [7, 11) is 0. The molecule has 0 radical (unpaired) electrons. The summed E-state index contributed by atoms with van der Waals surface area (Å²) in [6.07, 6.45) is -3.28. The first kappa shape index (κ1) is 13.0. The third kappa shape index (κ3) is 2.26. The summed E-state index contributed by atoms with van der Waals surface area (Å²) in [5, 5.41) is 12.6. The highest BCUT2D eigenvalue weighted by atomic mass is 35.5. The van der Waals surface area contributed by atoms with Crippen molar-refractivity contribution in [2.75, 3.05) is 0 Å². The van der Waals surface area contributed by atoms with Gasteiger partial charge in [-0.15, -0.1) is 0 Å². The largest absolute Gasteiger partial charge is 0.493 e. The monoisotopic (exact) mass is 296 g/mol. The normalized spacial score (nSPS) is 11.8. The Balaban J connectivity index is 2.62. The Bertz CT molecular complexity index is 572. The zero-order valence-electron chi connectivity index (χ0n) is 8.54. The highest BCUT2D eigenvalue weighted by Gasteiger charge is 2.32. The lowest BCUT2D eigenvalue weighted by molar-refractivity contribution is -0.137. The van der Waals surface area contributed by atoms with Crippen LogP contribution in [-0.2, 0) is 6.18 Å². The van der Waals surface area contributed by atoms with Crippen LogP contribution in [0.3, 0.4) is 0 Å². The Labute approximate surface area is 109 Å². The summed E-state index contributed by atoms with van der Waals surface area (Å²) >= 11 is 11.5. The number of alkyl halides is 3. The van der Waals surface area contributed by atoms with Crippen molar-refractivity contribution >= 4 is 23.2 Å². The van der Waals surface area contributed by atoms with Gasteiger partial charge in [-0.2, -0.15) is 23.0 Å². The highest BCUT2D eigenvalue weighted by Crippen LogP contribution is 2.38. The second-order valence-corrected chi connectivity index (χ2v) is 4.20. The molecule has 0 atom stereocenters. The van der Waals surface area contributed by atoms with E-state index in [1.165, 1.54) is 12.3 Å². The second-order valence-electron chi connectivity index (χ2n) is 3.39. The van der Waals surface area contributed by atoms with Crippen LogP contribution in [0.1, 0.15) is 5.56 Å². The maximum absolute atomic E-state index is 12.5. The van der Waals surface area contributed by atoms with Crippen molar-refractivity contribution < 1.29 is 18.3 Å². The molecule has 0 aliphatic carbocycles. The van der Waals surface area contributed by atoms with Gasteiger partial charge in [-0.25, -0.2) is 0 Å². The summed E-state index contributed by atoms with van der Waals surface area (Å²) in [4.78, 5) is 0. The van der Waals surface area contributed by atoms with Crippen LogP contribution >= 0.6 is 23.2 Å². The Morgan fingerprint density at radius 1 is 1.17 bits per heavy atom. The van der Waals surface area contributed by atoms with E-state index in [9.17, 15) is 18.3 Å². The first-order valence-corrected chi connectivity index (χ1v) is 5.36. The van der Waals surface area contributed by atoms with Crippen molar-refractivity contribution in [3.05, 3.63) is 40.0 Å². The van der Waals surface area contributed by atoms with E-state index in [0.717, 1.165) is 16.8 Å². The van der Waals surface area contributed by atoms with Crippen molar-refractivity contribution in [2.24, 2.45) is 0 Å². The zero-order chi connectivity index (χ0) is 13.5. The first-order valence-electron chi connectivity index (χ1n) is 4.60. The molecule has 2 rings (SSSR count). The molecule has 2 aromatic rings. The fourth-order valence-corrected chi connectivity index (χ4v) is 2.05. The van der Waals surface area contributed by atoms with Crippen molar-refractivity contribution in [3.8, 4) is 11.6 Å². The molecule has 0 aliphatic heterocycles. The number of halogens is 5. The van der Waals surface area contributed by atoms with E-state index in [0.29, 0.717) is 0 Å². The van der Waals surface area contributed by atoms with Gasteiger partial charge >= 0.3 is 6.18 Å². The third-order valence-corrected chi connectivity index (χ3v) is 2.76. The summed E-state index contributed by atoms with van der Waals surface area (Å²) < 4.78 is 38.5. The van der Waals surface area contributed by atoms with Gasteiger partial charge in [-0.3, -0.25) is 0 Å². The van der Waals surface area contributed by atoms with Crippen LogP contribution in [0.4, 0.5) is 13.2 Å². The summed E-state index contributed by atoms with van der Waals surface area (Å²) in [6, 6.07) is 2.71. The van der Waals surface area contributed by atoms with E-state index < -0.39 is 11.7 Å². The Morgan fingerprint density at radius 3 is 2.11 bits per heavy atom. The molecular weight excluding hydrogens is 292 g/mol. The van der Waals surface area contributed by atoms with Gasteiger partial charge in [0.15, 0.2) is 0 Å². The molecular formula is C10H5Cl2F3N2O. The number of benzene rings is 1. The van der Waals surface area contributed by atoms with E-state index in [1.807, 2.05) is 0 Å². The SMILES string of the molecule is Oc1ccnn1-c1c(Cl)cc(C(F)(F)F)cc1Cl. The lowest BCUT2D eigenvalue weighted by Gasteiger charge is -2.12. The van der Waals surface area contributed by atoms with E-state index in [-0.39, 0.29) is 21.6 Å². The molecule has 0 saturated carbocycles. The molecule has 1 heterocycles. The number of hydrogen-bond acceptors (Lipinski definition) is 2. The minimum atomic E-state index is -4.54. The molecule has 18 heavy (non-hydrogen) atoms. The molecule has 8 heteroatoms.